The molecule has 1 N–H and O–H groups in total. The molecule has 0 radical (unpaired) electrons. The second kappa shape index (κ2) is 6.63. The van der Waals surface area contributed by atoms with Crippen molar-refractivity contribution in [3.8, 4) is 0 Å². The number of ether oxygens (including phenoxy) is 1. The van der Waals surface area contributed by atoms with Crippen molar-refractivity contribution in [3.05, 3.63) is 30.3 Å². The lowest BCUT2D eigenvalue weighted by Gasteiger charge is -2.17. The van der Waals surface area contributed by atoms with Gasteiger partial charge in [0.25, 0.3) is 5.91 Å². The minimum Gasteiger partial charge on any atom is -0.377 e. The molecular formula is C15H20N2O3. The van der Waals surface area contributed by atoms with Crippen LogP contribution in [0.25, 0.3) is 0 Å². The number of carbonyl (C=O) groups is 2. The SMILES string of the molecule is CCOC(C)CNC1CC(=O)N(c2ccccc2)C1=O. The number of carbonyl (C=O) groups excluding carboxylic acids is 2. The predicted molar refractivity (Wildman–Crippen MR) is 76.4 cm³/mol. The Bertz CT molecular complexity index is 475. The van der Waals surface area contributed by atoms with Gasteiger partial charge < -0.3 is 10.1 Å². The molecule has 1 heterocycles. The summed E-state index contributed by atoms with van der Waals surface area (Å²) in [6.45, 7) is 5.06. The largest absolute Gasteiger partial charge is 0.377 e. The number of anilines is 1. The van der Waals surface area contributed by atoms with Gasteiger partial charge in [0, 0.05) is 13.2 Å². The number of benzene rings is 1. The monoisotopic (exact) mass is 276 g/mol. The topological polar surface area (TPSA) is 58.6 Å². The molecule has 0 bridgehead atoms. The van der Waals surface area contributed by atoms with Gasteiger partial charge in [0.2, 0.25) is 5.91 Å². The molecule has 2 amide bonds. The number of amides is 2. The minimum absolute atomic E-state index is 0.0219. The molecule has 0 aliphatic carbocycles. The first-order chi connectivity index (χ1) is 9.63. The molecule has 1 aliphatic heterocycles. The van der Waals surface area contributed by atoms with E-state index in [1.54, 1.807) is 12.1 Å². The third-order valence-corrected chi connectivity index (χ3v) is 3.26. The predicted octanol–water partition coefficient (Wildman–Crippen LogP) is 1.33. The van der Waals surface area contributed by atoms with Crippen LogP contribution in [0.1, 0.15) is 20.3 Å². The van der Waals surface area contributed by atoms with E-state index in [9.17, 15) is 9.59 Å². The van der Waals surface area contributed by atoms with Crippen molar-refractivity contribution in [2.24, 2.45) is 0 Å². The first-order valence-corrected chi connectivity index (χ1v) is 6.90. The van der Waals surface area contributed by atoms with Crippen molar-refractivity contribution in [3.63, 3.8) is 0 Å². The normalized spacial score (nSPS) is 20.5. The van der Waals surface area contributed by atoms with Gasteiger partial charge in [-0.2, -0.15) is 0 Å². The van der Waals surface area contributed by atoms with Crippen LogP contribution in [-0.4, -0.2) is 37.1 Å². The summed E-state index contributed by atoms with van der Waals surface area (Å²) in [5.74, 6) is -0.354. The first-order valence-electron chi connectivity index (χ1n) is 6.90. The fourth-order valence-corrected chi connectivity index (χ4v) is 2.29. The van der Waals surface area contributed by atoms with Crippen LogP contribution in [0.3, 0.4) is 0 Å². The molecule has 1 aromatic carbocycles. The van der Waals surface area contributed by atoms with E-state index in [0.717, 1.165) is 0 Å². The number of hydrogen-bond donors (Lipinski definition) is 1. The minimum atomic E-state index is -0.453. The molecule has 5 heteroatoms. The molecule has 108 valence electrons. The summed E-state index contributed by atoms with van der Waals surface area (Å²) in [6.07, 6.45) is 0.223. The van der Waals surface area contributed by atoms with Crippen molar-refractivity contribution < 1.29 is 14.3 Å². The molecule has 2 rings (SSSR count). The summed E-state index contributed by atoms with van der Waals surface area (Å²) >= 11 is 0. The molecule has 2 unspecified atom stereocenters. The number of nitrogens with one attached hydrogen (secondary N) is 1. The van der Waals surface area contributed by atoms with E-state index in [0.29, 0.717) is 18.8 Å². The van der Waals surface area contributed by atoms with E-state index in [1.165, 1.54) is 4.90 Å². The zero-order valence-corrected chi connectivity index (χ0v) is 11.8. The van der Waals surface area contributed by atoms with E-state index >= 15 is 0 Å². The quantitative estimate of drug-likeness (QED) is 0.796. The van der Waals surface area contributed by atoms with Crippen molar-refractivity contribution in [1.82, 2.24) is 5.32 Å². The molecule has 0 saturated carbocycles. The highest BCUT2D eigenvalue weighted by molar-refractivity contribution is 6.22. The molecule has 2 atom stereocenters. The lowest BCUT2D eigenvalue weighted by Crippen LogP contribution is -2.41. The van der Waals surface area contributed by atoms with E-state index in [-0.39, 0.29) is 24.3 Å². The van der Waals surface area contributed by atoms with Crippen molar-refractivity contribution in [2.75, 3.05) is 18.1 Å². The molecule has 5 nitrogen and oxygen atoms in total. The molecule has 1 aromatic rings. The molecule has 1 fully saturated rings. The van der Waals surface area contributed by atoms with E-state index in [2.05, 4.69) is 5.32 Å². The average molecular weight is 276 g/mol. The van der Waals surface area contributed by atoms with E-state index in [4.69, 9.17) is 4.74 Å². The van der Waals surface area contributed by atoms with Gasteiger partial charge in [0.05, 0.1) is 24.3 Å². The Morgan fingerprint density at radius 1 is 1.35 bits per heavy atom. The smallest absolute Gasteiger partial charge is 0.251 e. The Hall–Kier alpha value is -1.72. The van der Waals surface area contributed by atoms with Crippen LogP contribution < -0.4 is 10.2 Å². The summed E-state index contributed by atoms with van der Waals surface area (Å²) in [4.78, 5) is 25.5. The lowest BCUT2D eigenvalue weighted by molar-refractivity contribution is -0.121. The maximum absolute atomic E-state index is 12.3. The summed E-state index contributed by atoms with van der Waals surface area (Å²) in [5, 5.41) is 3.11. The van der Waals surface area contributed by atoms with Gasteiger partial charge in [-0.15, -0.1) is 0 Å². The zero-order chi connectivity index (χ0) is 14.5. The fourth-order valence-electron chi connectivity index (χ4n) is 2.29. The molecule has 1 aliphatic rings. The van der Waals surface area contributed by atoms with Gasteiger partial charge in [0.15, 0.2) is 0 Å². The fraction of sp³-hybridized carbons (Fsp3) is 0.467. The van der Waals surface area contributed by atoms with Crippen molar-refractivity contribution in [2.45, 2.75) is 32.4 Å². The van der Waals surface area contributed by atoms with Crippen LogP contribution in [0, 0.1) is 0 Å². The number of nitrogens with zero attached hydrogens (tertiary/aromatic N) is 1. The first kappa shape index (κ1) is 14.7. The Morgan fingerprint density at radius 3 is 2.70 bits per heavy atom. The number of imide groups is 1. The maximum Gasteiger partial charge on any atom is 0.251 e. The summed E-state index contributed by atoms with van der Waals surface area (Å²) in [7, 11) is 0. The van der Waals surface area contributed by atoms with Gasteiger partial charge in [-0.3, -0.25) is 9.59 Å². The number of para-hydroxylation sites is 1. The number of rotatable bonds is 6. The third kappa shape index (κ3) is 3.23. The standard InChI is InChI=1S/C15H20N2O3/c1-3-20-11(2)10-16-13-9-14(18)17(15(13)19)12-7-5-4-6-8-12/h4-8,11,13,16H,3,9-10H2,1-2H3. The Morgan fingerprint density at radius 2 is 2.05 bits per heavy atom. The summed E-state index contributed by atoms with van der Waals surface area (Å²) in [6, 6.07) is 8.56. The molecular weight excluding hydrogens is 256 g/mol. The van der Waals surface area contributed by atoms with Crippen molar-refractivity contribution >= 4 is 17.5 Å². The van der Waals surface area contributed by atoms with Crippen LogP contribution >= 0.6 is 0 Å². The van der Waals surface area contributed by atoms with Gasteiger partial charge >= 0.3 is 0 Å². The molecule has 20 heavy (non-hydrogen) atoms. The molecule has 0 spiro atoms. The Labute approximate surface area is 118 Å². The Balaban J connectivity index is 1.99. The van der Waals surface area contributed by atoms with E-state index < -0.39 is 6.04 Å². The van der Waals surface area contributed by atoms with Gasteiger partial charge in [-0.25, -0.2) is 4.90 Å². The highest BCUT2D eigenvalue weighted by atomic mass is 16.5. The van der Waals surface area contributed by atoms with Gasteiger partial charge in [-0.05, 0) is 26.0 Å². The molecule has 0 aromatic heterocycles. The average Bonchev–Trinajstić information content (AvgIpc) is 2.72. The van der Waals surface area contributed by atoms with Crippen LogP contribution in [-0.2, 0) is 14.3 Å². The second-order valence-corrected chi connectivity index (χ2v) is 4.83. The van der Waals surface area contributed by atoms with Crippen LogP contribution in [0.2, 0.25) is 0 Å². The summed E-state index contributed by atoms with van der Waals surface area (Å²) < 4.78 is 5.40. The zero-order valence-electron chi connectivity index (χ0n) is 11.8. The van der Waals surface area contributed by atoms with Crippen molar-refractivity contribution in [1.29, 1.82) is 0 Å². The van der Waals surface area contributed by atoms with E-state index in [1.807, 2.05) is 32.0 Å². The van der Waals surface area contributed by atoms with Gasteiger partial charge in [0.1, 0.15) is 0 Å². The second-order valence-electron chi connectivity index (χ2n) is 4.83. The maximum atomic E-state index is 12.3. The van der Waals surface area contributed by atoms with Crippen LogP contribution in [0.5, 0.6) is 0 Å². The van der Waals surface area contributed by atoms with Crippen LogP contribution in [0.15, 0.2) is 30.3 Å². The highest BCUT2D eigenvalue weighted by Crippen LogP contribution is 2.22. The summed E-state index contributed by atoms with van der Waals surface area (Å²) in [5.41, 5.74) is 0.629. The lowest BCUT2D eigenvalue weighted by atomic mass is 10.2. The third-order valence-electron chi connectivity index (χ3n) is 3.26. The van der Waals surface area contributed by atoms with Gasteiger partial charge in [-0.1, -0.05) is 18.2 Å². The molecule has 1 saturated heterocycles. The Kier molecular flexibility index (Phi) is 4.87. The number of hydrogen-bond acceptors (Lipinski definition) is 4. The van der Waals surface area contributed by atoms with Crippen LogP contribution in [0.4, 0.5) is 5.69 Å². The highest BCUT2D eigenvalue weighted by Gasteiger charge is 2.39.